The predicted octanol–water partition coefficient (Wildman–Crippen LogP) is 3.24. The maximum absolute atomic E-state index is 13.0. The van der Waals surface area contributed by atoms with Crippen LogP contribution in [0.15, 0.2) is 24.3 Å². The third-order valence-electron chi connectivity index (χ3n) is 5.55. The Bertz CT molecular complexity index is 485. The van der Waals surface area contributed by atoms with Crippen LogP contribution in [0.2, 0.25) is 0 Å². The van der Waals surface area contributed by atoms with Crippen molar-refractivity contribution in [3.05, 3.63) is 35.6 Å². The molecular formula is C19H29FN2O. The summed E-state index contributed by atoms with van der Waals surface area (Å²) in [6, 6.07) is 7.90. The van der Waals surface area contributed by atoms with E-state index in [9.17, 15) is 9.50 Å². The number of nitrogens with zero attached hydrogens (tertiary/aromatic N) is 1. The second-order valence-electron chi connectivity index (χ2n) is 7.17. The van der Waals surface area contributed by atoms with Gasteiger partial charge in [-0.3, -0.25) is 4.90 Å². The molecule has 3 atom stereocenters. The molecule has 1 aliphatic heterocycles. The Kier molecular flexibility index (Phi) is 5.67. The van der Waals surface area contributed by atoms with Crippen molar-refractivity contribution in [3.63, 3.8) is 0 Å². The van der Waals surface area contributed by atoms with Crippen molar-refractivity contribution in [2.75, 3.05) is 13.1 Å². The fraction of sp³-hybridized carbons (Fsp3) is 0.684. The number of hydrogen-bond donors (Lipinski definition) is 2. The normalized spacial score (nSPS) is 28.7. The molecule has 0 radical (unpaired) electrons. The van der Waals surface area contributed by atoms with Gasteiger partial charge in [-0.15, -0.1) is 0 Å². The Hall–Kier alpha value is -0.970. The van der Waals surface area contributed by atoms with Crippen LogP contribution in [-0.2, 0) is 0 Å². The first-order chi connectivity index (χ1) is 11.1. The van der Waals surface area contributed by atoms with Gasteiger partial charge in [-0.25, -0.2) is 4.39 Å². The van der Waals surface area contributed by atoms with E-state index in [-0.39, 0.29) is 18.0 Å². The molecule has 128 valence electrons. The van der Waals surface area contributed by atoms with Crippen molar-refractivity contribution in [2.45, 2.75) is 69.7 Å². The first-order valence-electron chi connectivity index (χ1n) is 9.07. The number of halogens is 1. The van der Waals surface area contributed by atoms with E-state index in [0.717, 1.165) is 44.3 Å². The summed E-state index contributed by atoms with van der Waals surface area (Å²) in [5, 5.41) is 13.9. The van der Waals surface area contributed by atoms with E-state index in [1.165, 1.54) is 25.0 Å². The number of likely N-dealkylation sites (tertiary alicyclic amines) is 1. The molecule has 0 aromatic heterocycles. The lowest BCUT2D eigenvalue weighted by molar-refractivity contribution is 0.00671. The van der Waals surface area contributed by atoms with Crippen molar-refractivity contribution in [1.82, 2.24) is 10.2 Å². The van der Waals surface area contributed by atoms with E-state index in [1.54, 1.807) is 0 Å². The van der Waals surface area contributed by atoms with Gasteiger partial charge in [-0.05, 0) is 50.3 Å². The van der Waals surface area contributed by atoms with E-state index in [4.69, 9.17) is 0 Å². The maximum Gasteiger partial charge on any atom is 0.123 e. The van der Waals surface area contributed by atoms with Crippen LogP contribution in [0.5, 0.6) is 0 Å². The molecule has 1 aromatic carbocycles. The number of piperidine rings is 1. The van der Waals surface area contributed by atoms with E-state index in [1.807, 2.05) is 12.1 Å². The molecule has 3 nitrogen and oxygen atoms in total. The Morgan fingerprint density at radius 2 is 1.74 bits per heavy atom. The SMILES string of the molecule is CC(NC1CCN(C2CCCCC2O)CC1)c1ccc(F)cc1. The number of rotatable bonds is 4. The first kappa shape index (κ1) is 16.9. The minimum absolute atomic E-state index is 0.133. The summed E-state index contributed by atoms with van der Waals surface area (Å²) < 4.78 is 13.0. The minimum Gasteiger partial charge on any atom is -0.391 e. The molecule has 0 amide bonds. The molecule has 0 bridgehead atoms. The molecule has 3 rings (SSSR count). The number of benzene rings is 1. The molecule has 1 heterocycles. The van der Waals surface area contributed by atoms with Crippen LogP contribution in [0, 0.1) is 5.82 Å². The number of nitrogens with one attached hydrogen (secondary N) is 1. The molecular weight excluding hydrogens is 291 g/mol. The van der Waals surface area contributed by atoms with Gasteiger partial charge in [0.15, 0.2) is 0 Å². The number of hydrogen-bond acceptors (Lipinski definition) is 3. The van der Waals surface area contributed by atoms with Crippen LogP contribution in [0.4, 0.5) is 4.39 Å². The highest BCUT2D eigenvalue weighted by Gasteiger charge is 2.31. The zero-order chi connectivity index (χ0) is 16.2. The van der Waals surface area contributed by atoms with E-state index < -0.39 is 0 Å². The van der Waals surface area contributed by atoms with E-state index >= 15 is 0 Å². The summed E-state index contributed by atoms with van der Waals surface area (Å²) in [5.41, 5.74) is 1.14. The summed E-state index contributed by atoms with van der Waals surface area (Å²) in [6.07, 6.45) is 6.64. The zero-order valence-electron chi connectivity index (χ0n) is 14.0. The van der Waals surface area contributed by atoms with Gasteiger partial charge >= 0.3 is 0 Å². The topological polar surface area (TPSA) is 35.5 Å². The number of aliphatic hydroxyl groups excluding tert-OH is 1. The lowest BCUT2D eigenvalue weighted by Gasteiger charge is -2.42. The highest BCUT2D eigenvalue weighted by molar-refractivity contribution is 5.19. The molecule has 0 spiro atoms. The first-order valence-corrected chi connectivity index (χ1v) is 9.07. The quantitative estimate of drug-likeness (QED) is 0.894. The van der Waals surface area contributed by atoms with Crippen molar-refractivity contribution in [1.29, 1.82) is 0 Å². The summed E-state index contributed by atoms with van der Waals surface area (Å²) >= 11 is 0. The Morgan fingerprint density at radius 3 is 2.39 bits per heavy atom. The molecule has 23 heavy (non-hydrogen) atoms. The second kappa shape index (κ2) is 7.73. The lowest BCUT2D eigenvalue weighted by atomic mass is 9.89. The maximum atomic E-state index is 13.0. The summed E-state index contributed by atoms with van der Waals surface area (Å²) in [7, 11) is 0. The molecule has 1 aromatic rings. The summed E-state index contributed by atoms with van der Waals surface area (Å²) in [5.74, 6) is -0.180. The average Bonchev–Trinajstić information content (AvgIpc) is 2.57. The van der Waals surface area contributed by atoms with Crippen LogP contribution in [0.3, 0.4) is 0 Å². The molecule has 4 heteroatoms. The Balaban J connectivity index is 1.48. The van der Waals surface area contributed by atoms with Crippen molar-refractivity contribution >= 4 is 0 Å². The Labute approximate surface area is 138 Å². The van der Waals surface area contributed by atoms with Crippen LogP contribution in [-0.4, -0.2) is 41.3 Å². The number of aliphatic hydroxyl groups is 1. The molecule has 1 saturated carbocycles. The van der Waals surface area contributed by atoms with E-state index in [2.05, 4.69) is 17.1 Å². The molecule has 3 unspecified atom stereocenters. The van der Waals surface area contributed by atoms with Gasteiger partial charge in [0.1, 0.15) is 5.82 Å². The smallest absolute Gasteiger partial charge is 0.123 e. The van der Waals surface area contributed by atoms with Crippen LogP contribution in [0.25, 0.3) is 0 Å². The Morgan fingerprint density at radius 1 is 1.09 bits per heavy atom. The summed E-state index contributed by atoms with van der Waals surface area (Å²) in [4.78, 5) is 2.49. The fourth-order valence-electron chi connectivity index (χ4n) is 4.12. The third-order valence-corrected chi connectivity index (χ3v) is 5.55. The molecule has 2 fully saturated rings. The molecule has 2 aliphatic rings. The summed E-state index contributed by atoms with van der Waals surface area (Å²) in [6.45, 7) is 4.27. The van der Waals surface area contributed by atoms with Gasteiger partial charge in [0.25, 0.3) is 0 Å². The monoisotopic (exact) mass is 320 g/mol. The van der Waals surface area contributed by atoms with Gasteiger partial charge in [0, 0.05) is 31.2 Å². The molecule has 1 saturated heterocycles. The van der Waals surface area contributed by atoms with Gasteiger partial charge in [0.2, 0.25) is 0 Å². The molecule has 2 N–H and O–H groups in total. The third kappa shape index (κ3) is 4.31. The van der Waals surface area contributed by atoms with Gasteiger partial charge < -0.3 is 10.4 Å². The highest BCUT2D eigenvalue weighted by atomic mass is 19.1. The van der Waals surface area contributed by atoms with Crippen molar-refractivity contribution in [3.8, 4) is 0 Å². The van der Waals surface area contributed by atoms with Gasteiger partial charge in [-0.2, -0.15) is 0 Å². The minimum atomic E-state index is -0.180. The van der Waals surface area contributed by atoms with E-state index in [0.29, 0.717) is 12.1 Å². The fourth-order valence-corrected chi connectivity index (χ4v) is 4.12. The van der Waals surface area contributed by atoms with Gasteiger partial charge in [-0.1, -0.05) is 25.0 Å². The van der Waals surface area contributed by atoms with Crippen LogP contribution >= 0.6 is 0 Å². The average molecular weight is 320 g/mol. The van der Waals surface area contributed by atoms with Crippen LogP contribution < -0.4 is 5.32 Å². The zero-order valence-corrected chi connectivity index (χ0v) is 14.0. The standard InChI is InChI=1S/C19H29FN2O/c1-14(15-6-8-16(20)9-7-15)21-17-10-12-22(13-11-17)18-4-2-3-5-19(18)23/h6-9,14,17-19,21,23H,2-5,10-13H2,1H3. The largest absolute Gasteiger partial charge is 0.391 e. The lowest BCUT2D eigenvalue weighted by Crippen LogP contribution is -2.51. The molecule has 1 aliphatic carbocycles. The van der Waals surface area contributed by atoms with Crippen molar-refractivity contribution in [2.24, 2.45) is 0 Å². The second-order valence-corrected chi connectivity index (χ2v) is 7.17. The predicted molar refractivity (Wildman–Crippen MR) is 90.8 cm³/mol. The highest BCUT2D eigenvalue weighted by Crippen LogP contribution is 2.26. The van der Waals surface area contributed by atoms with Gasteiger partial charge in [0.05, 0.1) is 6.10 Å². The van der Waals surface area contributed by atoms with Crippen LogP contribution in [0.1, 0.15) is 57.1 Å². The van der Waals surface area contributed by atoms with Crippen molar-refractivity contribution < 1.29 is 9.50 Å².